The number of nitrogens with zero attached hydrogens (tertiary/aromatic N) is 2. The Morgan fingerprint density at radius 1 is 1.47 bits per heavy atom. The molecule has 0 radical (unpaired) electrons. The fraction of sp³-hybridized carbons (Fsp3) is 0.500. The number of nitro groups is 1. The molecule has 17 heavy (non-hydrogen) atoms. The minimum Gasteiger partial charge on any atom is -0.367 e. The zero-order chi connectivity index (χ0) is 11.8. The van der Waals surface area contributed by atoms with Gasteiger partial charge in [-0.05, 0) is 31.0 Å². The van der Waals surface area contributed by atoms with Crippen molar-refractivity contribution in [1.82, 2.24) is 5.32 Å². The molecule has 1 aromatic carbocycles. The summed E-state index contributed by atoms with van der Waals surface area (Å²) in [5, 5.41) is 14.2. The predicted octanol–water partition coefficient (Wildman–Crippen LogP) is 1.32. The van der Waals surface area contributed by atoms with Crippen molar-refractivity contribution in [3.05, 3.63) is 33.9 Å². The highest BCUT2D eigenvalue weighted by atomic mass is 16.6. The fourth-order valence-corrected chi connectivity index (χ4v) is 2.82. The Hall–Kier alpha value is -1.62. The number of benzene rings is 1. The van der Waals surface area contributed by atoms with Gasteiger partial charge in [-0.3, -0.25) is 10.1 Å². The Kier molecular flexibility index (Phi) is 2.48. The molecule has 0 amide bonds. The topological polar surface area (TPSA) is 58.4 Å². The van der Waals surface area contributed by atoms with E-state index in [1.54, 1.807) is 12.1 Å². The van der Waals surface area contributed by atoms with Gasteiger partial charge in [0.1, 0.15) is 0 Å². The highest BCUT2D eigenvalue weighted by Gasteiger charge is 2.31. The van der Waals surface area contributed by atoms with Crippen LogP contribution in [-0.4, -0.2) is 30.6 Å². The maximum Gasteiger partial charge on any atom is 0.269 e. The minimum atomic E-state index is -0.317. The number of fused-ring (bicyclic) bond motifs is 3. The number of hydrogen-bond acceptors (Lipinski definition) is 4. The number of rotatable bonds is 1. The summed E-state index contributed by atoms with van der Waals surface area (Å²) in [6.07, 6.45) is 2.05. The molecule has 0 spiro atoms. The average Bonchev–Trinajstić information content (AvgIpc) is 2.50. The summed E-state index contributed by atoms with van der Waals surface area (Å²) in [6.45, 7) is 3.08. The molecule has 2 aliphatic rings. The molecule has 5 heteroatoms. The van der Waals surface area contributed by atoms with E-state index in [1.165, 1.54) is 5.69 Å². The van der Waals surface area contributed by atoms with Crippen molar-refractivity contribution < 1.29 is 4.92 Å². The summed E-state index contributed by atoms with van der Waals surface area (Å²) in [5.41, 5.74) is 2.51. The lowest BCUT2D eigenvalue weighted by Crippen LogP contribution is -2.36. The van der Waals surface area contributed by atoms with E-state index >= 15 is 0 Å². The van der Waals surface area contributed by atoms with E-state index in [9.17, 15) is 10.1 Å². The van der Waals surface area contributed by atoms with Gasteiger partial charge in [0, 0.05) is 37.0 Å². The van der Waals surface area contributed by atoms with Crippen LogP contribution in [-0.2, 0) is 6.42 Å². The van der Waals surface area contributed by atoms with Gasteiger partial charge in [0.25, 0.3) is 5.69 Å². The first-order valence-corrected chi connectivity index (χ1v) is 6.00. The van der Waals surface area contributed by atoms with Gasteiger partial charge in [-0.15, -0.1) is 0 Å². The van der Waals surface area contributed by atoms with E-state index in [2.05, 4.69) is 10.2 Å². The average molecular weight is 233 g/mol. The zero-order valence-electron chi connectivity index (χ0n) is 9.56. The molecule has 2 heterocycles. The van der Waals surface area contributed by atoms with Gasteiger partial charge >= 0.3 is 0 Å². The molecule has 1 unspecified atom stereocenters. The van der Waals surface area contributed by atoms with Crippen LogP contribution in [0.5, 0.6) is 0 Å². The maximum atomic E-state index is 10.7. The molecule has 0 bridgehead atoms. The van der Waals surface area contributed by atoms with Gasteiger partial charge in [-0.1, -0.05) is 0 Å². The van der Waals surface area contributed by atoms with Crippen molar-refractivity contribution in [3.8, 4) is 0 Å². The number of non-ortho nitro benzene ring substituents is 1. The SMILES string of the molecule is O=[N+]([O-])c1ccc2c(c1)CC1CNCCCN21. The molecule has 1 saturated heterocycles. The molecular formula is C12H15N3O2. The van der Waals surface area contributed by atoms with Gasteiger partial charge in [-0.25, -0.2) is 0 Å². The van der Waals surface area contributed by atoms with Crippen molar-refractivity contribution in [2.75, 3.05) is 24.5 Å². The second-order valence-corrected chi connectivity index (χ2v) is 4.68. The molecule has 1 N–H and O–H groups in total. The third-order valence-corrected chi connectivity index (χ3v) is 3.61. The van der Waals surface area contributed by atoms with Crippen LogP contribution in [0.25, 0.3) is 0 Å². The highest BCUT2D eigenvalue weighted by molar-refractivity contribution is 5.63. The van der Waals surface area contributed by atoms with Crippen LogP contribution >= 0.6 is 0 Å². The van der Waals surface area contributed by atoms with Gasteiger partial charge in [0.2, 0.25) is 0 Å². The fourth-order valence-electron chi connectivity index (χ4n) is 2.82. The summed E-state index contributed by atoms with van der Waals surface area (Å²) in [5.74, 6) is 0. The van der Waals surface area contributed by atoms with E-state index in [-0.39, 0.29) is 10.6 Å². The van der Waals surface area contributed by atoms with Crippen molar-refractivity contribution in [2.45, 2.75) is 18.9 Å². The van der Waals surface area contributed by atoms with Crippen molar-refractivity contribution in [3.63, 3.8) is 0 Å². The van der Waals surface area contributed by atoms with Crippen LogP contribution in [0, 0.1) is 10.1 Å². The second-order valence-electron chi connectivity index (χ2n) is 4.68. The lowest BCUT2D eigenvalue weighted by Gasteiger charge is -2.24. The Morgan fingerprint density at radius 2 is 2.35 bits per heavy atom. The lowest BCUT2D eigenvalue weighted by atomic mass is 10.1. The molecular weight excluding hydrogens is 218 g/mol. The van der Waals surface area contributed by atoms with Crippen molar-refractivity contribution in [1.29, 1.82) is 0 Å². The number of nitrogens with one attached hydrogen (secondary N) is 1. The first kappa shape index (κ1) is 10.5. The standard InChI is InChI=1S/C12H15N3O2/c16-15(17)10-2-3-12-9(6-10)7-11-8-13-4-1-5-14(11)12/h2-3,6,11,13H,1,4-5,7-8H2. The van der Waals surface area contributed by atoms with E-state index in [0.29, 0.717) is 6.04 Å². The maximum absolute atomic E-state index is 10.7. The number of anilines is 1. The number of hydrogen-bond donors (Lipinski definition) is 1. The van der Waals surface area contributed by atoms with Crippen molar-refractivity contribution >= 4 is 11.4 Å². The lowest BCUT2D eigenvalue weighted by molar-refractivity contribution is -0.384. The quantitative estimate of drug-likeness (QED) is 0.587. The van der Waals surface area contributed by atoms with Crippen LogP contribution < -0.4 is 10.2 Å². The van der Waals surface area contributed by atoms with Gasteiger partial charge in [-0.2, -0.15) is 0 Å². The third-order valence-electron chi connectivity index (χ3n) is 3.61. The monoisotopic (exact) mass is 233 g/mol. The summed E-state index contributed by atoms with van der Waals surface area (Å²) >= 11 is 0. The molecule has 3 rings (SSSR count). The van der Waals surface area contributed by atoms with Crippen LogP contribution in [0.3, 0.4) is 0 Å². The van der Waals surface area contributed by atoms with E-state index in [1.807, 2.05) is 6.07 Å². The Labute approximate surface area is 99.6 Å². The molecule has 5 nitrogen and oxygen atoms in total. The van der Waals surface area contributed by atoms with Gasteiger partial charge < -0.3 is 10.2 Å². The zero-order valence-corrected chi connectivity index (χ0v) is 9.56. The van der Waals surface area contributed by atoms with E-state index in [0.717, 1.165) is 38.0 Å². The van der Waals surface area contributed by atoms with E-state index < -0.39 is 0 Å². The van der Waals surface area contributed by atoms with Crippen LogP contribution in [0.2, 0.25) is 0 Å². The molecule has 2 aliphatic heterocycles. The molecule has 1 fully saturated rings. The first-order chi connectivity index (χ1) is 8.25. The summed E-state index contributed by atoms with van der Waals surface area (Å²) in [6, 6.07) is 5.71. The Bertz CT molecular complexity index is 461. The van der Waals surface area contributed by atoms with Crippen LogP contribution in [0.4, 0.5) is 11.4 Å². The Balaban J connectivity index is 1.95. The molecule has 1 atom stereocenters. The van der Waals surface area contributed by atoms with Crippen LogP contribution in [0.1, 0.15) is 12.0 Å². The summed E-state index contributed by atoms with van der Waals surface area (Å²) < 4.78 is 0. The Morgan fingerprint density at radius 3 is 3.18 bits per heavy atom. The largest absolute Gasteiger partial charge is 0.367 e. The molecule has 0 saturated carbocycles. The van der Waals surface area contributed by atoms with Crippen molar-refractivity contribution in [2.24, 2.45) is 0 Å². The predicted molar refractivity (Wildman–Crippen MR) is 65.4 cm³/mol. The van der Waals surface area contributed by atoms with Crippen LogP contribution in [0.15, 0.2) is 18.2 Å². The third kappa shape index (κ3) is 1.76. The summed E-state index contributed by atoms with van der Waals surface area (Å²) in [4.78, 5) is 12.8. The highest BCUT2D eigenvalue weighted by Crippen LogP contribution is 2.35. The number of nitro benzene ring substituents is 1. The first-order valence-electron chi connectivity index (χ1n) is 6.00. The molecule has 1 aromatic rings. The molecule has 90 valence electrons. The molecule has 0 aliphatic carbocycles. The minimum absolute atomic E-state index is 0.203. The summed E-state index contributed by atoms with van der Waals surface area (Å²) in [7, 11) is 0. The normalized spacial score (nSPS) is 22.8. The van der Waals surface area contributed by atoms with Gasteiger partial charge in [0.15, 0.2) is 0 Å². The van der Waals surface area contributed by atoms with Gasteiger partial charge in [0.05, 0.1) is 4.92 Å². The second kappa shape index (κ2) is 4.00. The van der Waals surface area contributed by atoms with E-state index in [4.69, 9.17) is 0 Å². The smallest absolute Gasteiger partial charge is 0.269 e. The molecule has 0 aromatic heterocycles.